The van der Waals surface area contributed by atoms with Crippen LogP contribution in [0, 0.1) is 0 Å². The van der Waals surface area contributed by atoms with Crippen LogP contribution in [0.5, 0.6) is 5.75 Å². The lowest BCUT2D eigenvalue weighted by Gasteiger charge is -2.29. The van der Waals surface area contributed by atoms with Crippen molar-refractivity contribution >= 4 is 0 Å². The molecule has 19 heavy (non-hydrogen) atoms. The molecular weight excluding hydrogens is 236 g/mol. The molecular formula is C16H26N2O. The Hall–Kier alpha value is -1.06. The van der Waals surface area contributed by atoms with Crippen LogP contribution in [0.15, 0.2) is 24.3 Å². The third kappa shape index (κ3) is 4.51. The van der Waals surface area contributed by atoms with Crippen LogP contribution < -0.4 is 10.1 Å². The first-order valence-electron chi connectivity index (χ1n) is 7.35. The highest BCUT2D eigenvalue weighted by atomic mass is 16.5. The predicted octanol–water partition coefficient (Wildman–Crippen LogP) is 2.48. The molecule has 1 unspecified atom stereocenters. The molecule has 1 N–H and O–H groups in total. The number of piperazine rings is 1. The topological polar surface area (TPSA) is 24.5 Å². The van der Waals surface area contributed by atoms with Crippen molar-refractivity contribution in [3.63, 3.8) is 0 Å². The van der Waals surface area contributed by atoms with Crippen LogP contribution in [0.25, 0.3) is 0 Å². The number of hydrogen-bond donors (Lipinski definition) is 1. The monoisotopic (exact) mass is 262 g/mol. The second-order valence-electron chi connectivity index (χ2n) is 5.69. The van der Waals surface area contributed by atoms with Gasteiger partial charge in [-0.25, -0.2) is 0 Å². The minimum Gasteiger partial charge on any atom is -0.491 e. The summed E-state index contributed by atoms with van der Waals surface area (Å²) in [5.74, 6) is 1.54. The van der Waals surface area contributed by atoms with E-state index in [4.69, 9.17) is 4.74 Å². The second kappa shape index (κ2) is 6.92. The molecule has 1 aromatic carbocycles. The zero-order valence-corrected chi connectivity index (χ0v) is 12.4. The first-order valence-corrected chi connectivity index (χ1v) is 7.35. The summed E-state index contributed by atoms with van der Waals surface area (Å²) < 4.78 is 5.68. The Bertz CT molecular complexity index is 369. The molecule has 0 amide bonds. The van der Waals surface area contributed by atoms with Gasteiger partial charge in [0.1, 0.15) is 5.75 Å². The molecule has 0 aliphatic carbocycles. The van der Waals surface area contributed by atoms with Crippen molar-refractivity contribution in [3.05, 3.63) is 29.8 Å². The first kappa shape index (κ1) is 14.4. The van der Waals surface area contributed by atoms with Crippen molar-refractivity contribution in [2.24, 2.45) is 0 Å². The van der Waals surface area contributed by atoms with Crippen LogP contribution in [0.3, 0.4) is 0 Å². The summed E-state index contributed by atoms with van der Waals surface area (Å²) in [4.78, 5) is 2.54. The van der Waals surface area contributed by atoms with Gasteiger partial charge >= 0.3 is 0 Å². The van der Waals surface area contributed by atoms with Gasteiger partial charge in [-0.2, -0.15) is 0 Å². The normalized spacial score (nSPS) is 18.5. The number of benzene rings is 1. The summed E-state index contributed by atoms with van der Waals surface area (Å²) >= 11 is 0. The summed E-state index contributed by atoms with van der Waals surface area (Å²) in [6, 6.07) is 8.57. The molecule has 0 saturated carbocycles. The van der Waals surface area contributed by atoms with E-state index in [1.807, 2.05) is 0 Å². The third-order valence-corrected chi connectivity index (χ3v) is 3.56. The van der Waals surface area contributed by atoms with Gasteiger partial charge in [0.05, 0.1) is 6.10 Å². The molecule has 0 aromatic heterocycles. The van der Waals surface area contributed by atoms with Gasteiger partial charge in [-0.1, -0.05) is 19.1 Å². The Kier molecular flexibility index (Phi) is 5.23. The van der Waals surface area contributed by atoms with Crippen LogP contribution >= 0.6 is 0 Å². The molecule has 3 nitrogen and oxygen atoms in total. The van der Waals surface area contributed by atoms with Crippen molar-refractivity contribution in [1.29, 1.82) is 0 Å². The lowest BCUT2D eigenvalue weighted by Crippen LogP contribution is -2.44. The number of hydrogen-bond acceptors (Lipinski definition) is 3. The van der Waals surface area contributed by atoms with Crippen LogP contribution in [0.2, 0.25) is 0 Å². The van der Waals surface area contributed by atoms with Gasteiger partial charge in [-0.3, -0.25) is 0 Å². The average Bonchev–Trinajstić information content (AvgIpc) is 2.40. The van der Waals surface area contributed by atoms with Gasteiger partial charge in [0.25, 0.3) is 0 Å². The van der Waals surface area contributed by atoms with E-state index in [1.165, 1.54) is 18.7 Å². The minimum absolute atomic E-state index is 0.240. The lowest BCUT2D eigenvalue weighted by molar-refractivity contribution is 0.230. The van der Waals surface area contributed by atoms with Crippen molar-refractivity contribution in [2.45, 2.75) is 32.8 Å². The highest BCUT2D eigenvalue weighted by molar-refractivity contribution is 5.29. The van der Waals surface area contributed by atoms with Crippen LogP contribution in [0.4, 0.5) is 0 Å². The second-order valence-corrected chi connectivity index (χ2v) is 5.69. The first-order chi connectivity index (χ1) is 9.15. The maximum Gasteiger partial charge on any atom is 0.119 e. The summed E-state index contributed by atoms with van der Waals surface area (Å²) in [5, 5.41) is 3.40. The van der Waals surface area contributed by atoms with E-state index in [0.29, 0.717) is 5.92 Å². The predicted molar refractivity (Wildman–Crippen MR) is 79.9 cm³/mol. The molecule has 1 fully saturated rings. The highest BCUT2D eigenvalue weighted by Crippen LogP contribution is 2.21. The summed E-state index contributed by atoms with van der Waals surface area (Å²) in [5.41, 5.74) is 1.40. The van der Waals surface area contributed by atoms with E-state index in [0.717, 1.165) is 25.4 Å². The molecule has 1 saturated heterocycles. The molecule has 0 radical (unpaired) electrons. The van der Waals surface area contributed by atoms with Gasteiger partial charge in [0.15, 0.2) is 0 Å². The van der Waals surface area contributed by atoms with Gasteiger partial charge in [-0.05, 0) is 37.5 Å². The lowest BCUT2D eigenvalue weighted by atomic mass is 10.0. The maximum atomic E-state index is 5.68. The molecule has 2 rings (SSSR count). The summed E-state index contributed by atoms with van der Waals surface area (Å²) in [6.07, 6.45) is 0.240. The average molecular weight is 262 g/mol. The zero-order valence-electron chi connectivity index (χ0n) is 12.4. The molecule has 106 valence electrons. The Morgan fingerprint density at radius 3 is 2.32 bits per heavy atom. The molecule has 1 atom stereocenters. The van der Waals surface area contributed by atoms with E-state index in [9.17, 15) is 0 Å². The van der Waals surface area contributed by atoms with Crippen LogP contribution in [0.1, 0.15) is 32.3 Å². The van der Waals surface area contributed by atoms with Crippen molar-refractivity contribution in [1.82, 2.24) is 10.2 Å². The Balaban J connectivity index is 1.89. The Labute approximate surface area is 116 Å². The van der Waals surface area contributed by atoms with E-state index >= 15 is 0 Å². The standard InChI is InChI=1S/C16H26N2O/c1-13(2)19-16-6-4-15(5-7-16)14(3)12-18-10-8-17-9-11-18/h4-7,13-14,17H,8-12H2,1-3H3. The van der Waals surface area contributed by atoms with Crippen molar-refractivity contribution < 1.29 is 4.74 Å². The van der Waals surface area contributed by atoms with Crippen molar-refractivity contribution in [2.75, 3.05) is 32.7 Å². The van der Waals surface area contributed by atoms with E-state index in [1.54, 1.807) is 0 Å². The van der Waals surface area contributed by atoms with Crippen LogP contribution in [-0.4, -0.2) is 43.7 Å². The fraction of sp³-hybridized carbons (Fsp3) is 0.625. The quantitative estimate of drug-likeness (QED) is 0.882. The largest absolute Gasteiger partial charge is 0.491 e. The maximum absolute atomic E-state index is 5.68. The Morgan fingerprint density at radius 2 is 1.74 bits per heavy atom. The molecule has 1 aromatic rings. The van der Waals surface area contributed by atoms with E-state index < -0.39 is 0 Å². The van der Waals surface area contributed by atoms with Crippen molar-refractivity contribution in [3.8, 4) is 5.75 Å². The summed E-state index contributed by atoms with van der Waals surface area (Å²) in [7, 11) is 0. The van der Waals surface area contributed by atoms with E-state index in [2.05, 4.69) is 55.3 Å². The molecule has 0 bridgehead atoms. The SMILES string of the molecule is CC(C)Oc1ccc(C(C)CN2CCNCC2)cc1. The number of rotatable bonds is 5. The molecule has 1 heterocycles. The number of ether oxygens (including phenoxy) is 1. The van der Waals surface area contributed by atoms with Gasteiger partial charge in [0.2, 0.25) is 0 Å². The minimum atomic E-state index is 0.240. The van der Waals surface area contributed by atoms with Gasteiger partial charge < -0.3 is 15.0 Å². The fourth-order valence-electron chi connectivity index (χ4n) is 2.53. The Morgan fingerprint density at radius 1 is 1.11 bits per heavy atom. The number of nitrogens with one attached hydrogen (secondary N) is 1. The van der Waals surface area contributed by atoms with Crippen LogP contribution in [-0.2, 0) is 0 Å². The summed E-state index contributed by atoms with van der Waals surface area (Å²) in [6.45, 7) is 12.1. The number of nitrogens with zero attached hydrogens (tertiary/aromatic N) is 1. The molecule has 1 aliphatic rings. The zero-order chi connectivity index (χ0) is 13.7. The highest BCUT2D eigenvalue weighted by Gasteiger charge is 2.14. The molecule has 0 spiro atoms. The molecule has 1 aliphatic heterocycles. The molecule has 3 heteroatoms. The van der Waals surface area contributed by atoms with Gasteiger partial charge in [0, 0.05) is 32.7 Å². The smallest absolute Gasteiger partial charge is 0.119 e. The van der Waals surface area contributed by atoms with E-state index in [-0.39, 0.29) is 6.10 Å². The fourth-order valence-corrected chi connectivity index (χ4v) is 2.53. The van der Waals surface area contributed by atoms with Gasteiger partial charge in [-0.15, -0.1) is 0 Å². The third-order valence-electron chi connectivity index (χ3n) is 3.56.